The number of ketones is 1. The maximum atomic E-state index is 12.4. The Morgan fingerprint density at radius 2 is 1.56 bits per heavy atom. The molecule has 0 saturated heterocycles. The van der Waals surface area contributed by atoms with Crippen molar-refractivity contribution in [1.82, 2.24) is 0 Å². The molecule has 2 aromatic carbocycles. The van der Waals surface area contributed by atoms with Gasteiger partial charge in [-0.1, -0.05) is 66.6 Å². The molecule has 0 aromatic heterocycles. The Kier molecular flexibility index (Phi) is 5.45. The molecule has 1 aliphatic carbocycles. The molecule has 0 bridgehead atoms. The fourth-order valence-corrected chi connectivity index (χ4v) is 5.95. The second-order valence-electron chi connectivity index (χ2n) is 6.66. The molecule has 3 rings (SSSR count). The lowest BCUT2D eigenvalue weighted by Crippen LogP contribution is -2.21. The first kappa shape index (κ1) is 18.0. The summed E-state index contributed by atoms with van der Waals surface area (Å²) >= 11 is 0. The number of benzene rings is 2. The summed E-state index contributed by atoms with van der Waals surface area (Å²) in [7, 11) is -1.68. The normalized spacial score (nSPS) is 23.2. The number of hydrogen-bond donors (Lipinski definition) is 0. The van der Waals surface area contributed by atoms with Crippen LogP contribution in [0.15, 0.2) is 82.1 Å². The molecule has 1 saturated carbocycles. The lowest BCUT2D eigenvalue weighted by molar-refractivity contribution is -0.114. The van der Waals surface area contributed by atoms with Gasteiger partial charge in [-0.2, -0.15) is 0 Å². The van der Waals surface area contributed by atoms with E-state index in [0.29, 0.717) is 6.42 Å². The smallest absolute Gasteiger partial charge is 0.161 e. The first-order chi connectivity index (χ1) is 12.1. The number of rotatable bonds is 5. The van der Waals surface area contributed by atoms with Crippen LogP contribution in [0.4, 0.5) is 0 Å². The SMILES string of the molecule is CC/C=C1\C(=O)CC(C)C1OS(C)(c1ccccc1)c1ccccc1. The van der Waals surface area contributed by atoms with Crippen LogP contribution in [0, 0.1) is 5.92 Å². The van der Waals surface area contributed by atoms with Gasteiger partial charge in [-0.25, -0.2) is 0 Å². The van der Waals surface area contributed by atoms with E-state index in [4.69, 9.17) is 4.18 Å². The summed E-state index contributed by atoms with van der Waals surface area (Å²) in [6, 6.07) is 20.8. The summed E-state index contributed by atoms with van der Waals surface area (Å²) in [6.45, 7) is 4.19. The van der Waals surface area contributed by atoms with Crippen molar-refractivity contribution < 1.29 is 8.98 Å². The molecule has 2 nitrogen and oxygen atoms in total. The van der Waals surface area contributed by atoms with E-state index < -0.39 is 10.3 Å². The molecule has 0 spiro atoms. The zero-order valence-corrected chi connectivity index (χ0v) is 16.0. The average Bonchev–Trinajstić information content (AvgIpc) is 2.90. The molecule has 0 amide bonds. The van der Waals surface area contributed by atoms with E-state index in [9.17, 15) is 4.79 Å². The zero-order valence-electron chi connectivity index (χ0n) is 15.1. The molecule has 2 atom stereocenters. The fourth-order valence-electron chi connectivity index (χ4n) is 3.39. The van der Waals surface area contributed by atoms with Crippen LogP contribution in [0.1, 0.15) is 26.7 Å². The largest absolute Gasteiger partial charge is 0.320 e. The maximum Gasteiger partial charge on any atom is 0.161 e. The van der Waals surface area contributed by atoms with Gasteiger partial charge >= 0.3 is 0 Å². The van der Waals surface area contributed by atoms with Crippen molar-refractivity contribution >= 4 is 16.1 Å². The summed E-state index contributed by atoms with van der Waals surface area (Å²) in [6.07, 6.45) is 5.54. The highest BCUT2D eigenvalue weighted by atomic mass is 32.3. The first-order valence-corrected chi connectivity index (χ1v) is 10.8. The minimum absolute atomic E-state index is 0.132. The van der Waals surface area contributed by atoms with Gasteiger partial charge < -0.3 is 4.18 Å². The fraction of sp³-hybridized carbons (Fsp3) is 0.318. The van der Waals surface area contributed by atoms with Gasteiger partial charge in [-0.15, -0.1) is 0 Å². The lowest BCUT2D eigenvalue weighted by Gasteiger charge is -2.40. The predicted molar refractivity (Wildman–Crippen MR) is 105 cm³/mol. The van der Waals surface area contributed by atoms with Crippen molar-refractivity contribution in [3.63, 3.8) is 0 Å². The minimum atomic E-state index is -1.68. The molecule has 0 N–H and O–H groups in total. The van der Waals surface area contributed by atoms with Crippen LogP contribution in [-0.2, 0) is 8.98 Å². The van der Waals surface area contributed by atoms with E-state index in [1.807, 2.05) is 18.2 Å². The lowest BCUT2D eigenvalue weighted by atomic mass is 10.1. The van der Waals surface area contributed by atoms with E-state index in [-0.39, 0.29) is 17.8 Å². The number of hydrogen-bond acceptors (Lipinski definition) is 2. The molecule has 0 radical (unpaired) electrons. The van der Waals surface area contributed by atoms with Crippen molar-refractivity contribution in [2.24, 2.45) is 5.92 Å². The third-order valence-electron chi connectivity index (χ3n) is 4.76. The molecule has 1 fully saturated rings. The van der Waals surface area contributed by atoms with Crippen LogP contribution in [0.3, 0.4) is 0 Å². The Morgan fingerprint density at radius 1 is 1.04 bits per heavy atom. The van der Waals surface area contributed by atoms with E-state index in [1.165, 1.54) is 9.79 Å². The quantitative estimate of drug-likeness (QED) is 0.636. The monoisotopic (exact) mass is 354 g/mol. The van der Waals surface area contributed by atoms with Gasteiger partial charge in [0, 0.05) is 21.8 Å². The molecule has 3 heteroatoms. The second kappa shape index (κ2) is 7.59. The van der Waals surface area contributed by atoms with Gasteiger partial charge in [-0.05, 0) is 42.9 Å². The molecule has 25 heavy (non-hydrogen) atoms. The van der Waals surface area contributed by atoms with Crippen molar-refractivity contribution in [2.75, 3.05) is 6.26 Å². The van der Waals surface area contributed by atoms with Crippen LogP contribution in [-0.4, -0.2) is 18.1 Å². The van der Waals surface area contributed by atoms with E-state index in [0.717, 1.165) is 12.0 Å². The molecule has 0 aliphatic heterocycles. The second-order valence-corrected chi connectivity index (χ2v) is 9.48. The van der Waals surface area contributed by atoms with Crippen LogP contribution in [0.5, 0.6) is 0 Å². The Morgan fingerprint density at radius 3 is 2.04 bits per heavy atom. The van der Waals surface area contributed by atoms with Gasteiger partial charge in [0.05, 0.1) is 0 Å². The molecule has 1 aliphatic rings. The summed E-state index contributed by atoms with van der Waals surface area (Å²) in [4.78, 5) is 14.8. The van der Waals surface area contributed by atoms with Crippen molar-refractivity contribution in [1.29, 1.82) is 0 Å². The highest BCUT2D eigenvalue weighted by molar-refractivity contribution is 8.29. The molecule has 0 heterocycles. The number of allylic oxidation sites excluding steroid dienone is 1. The number of carbonyl (C=O) groups excluding carboxylic acids is 1. The Labute approximate surface area is 152 Å². The highest BCUT2D eigenvalue weighted by Crippen LogP contribution is 2.62. The summed E-state index contributed by atoms with van der Waals surface area (Å²) in [5, 5.41) is 0. The molecular weight excluding hydrogens is 328 g/mol. The zero-order chi connectivity index (χ0) is 17.9. The van der Waals surface area contributed by atoms with E-state index in [2.05, 4.69) is 68.6 Å². The van der Waals surface area contributed by atoms with Gasteiger partial charge in [0.15, 0.2) is 5.78 Å². The van der Waals surface area contributed by atoms with Crippen LogP contribution in [0.25, 0.3) is 0 Å². The Hall–Kier alpha value is -1.84. The number of Topliss-reactive ketones (excluding diaryl/α,β-unsaturated/α-hetero) is 1. The van der Waals surface area contributed by atoms with E-state index >= 15 is 0 Å². The average molecular weight is 355 g/mol. The van der Waals surface area contributed by atoms with Crippen molar-refractivity contribution in [3.05, 3.63) is 72.3 Å². The third kappa shape index (κ3) is 3.58. The van der Waals surface area contributed by atoms with Gasteiger partial charge in [-0.3, -0.25) is 4.79 Å². The highest BCUT2D eigenvalue weighted by Gasteiger charge is 2.40. The van der Waals surface area contributed by atoms with Crippen molar-refractivity contribution in [3.8, 4) is 0 Å². The minimum Gasteiger partial charge on any atom is -0.320 e. The topological polar surface area (TPSA) is 26.3 Å². The third-order valence-corrected chi connectivity index (χ3v) is 7.69. The van der Waals surface area contributed by atoms with Crippen LogP contribution in [0.2, 0.25) is 0 Å². The predicted octanol–water partition coefficient (Wildman–Crippen LogP) is 5.78. The van der Waals surface area contributed by atoms with Gasteiger partial charge in [0.1, 0.15) is 6.10 Å². The first-order valence-electron chi connectivity index (χ1n) is 8.86. The molecular formula is C22H26O2S. The van der Waals surface area contributed by atoms with Gasteiger partial charge in [0.25, 0.3) is 0 Å². The summed E-state index contributed by atoms with van der Waals surface area (Å²) < 4.78 is 6.81. The van der Waals surface area contributed by atoms with Crippen molar-refractivity contribution in [2.45, 2.75) is 42.6 Å². The Balaban J connectivity index is 2.05. The standard InChI is InChI=1S/C22H26O2S/c1-4-11-20-21(23)16-17(2)22(20)24-25(3,18-12-7-5-8-13-18)19-14-9-6-10-15-19/h5-15,17,22H,4,16H2,1-3H3/b20-11+. The number of carbonyl (C=O) groups is 1. The summed E-state index contributed by atoms with van der Waals surface area (Å²) in [5.41, 5.74) is 0.862. The molecule has 2 aromatic rings. The van der Waals surface area contributed by atoms with Crippen LogP contribution < -0.4 is 0 Å². The maximum absolute atomic E-state index is 12.4. The summed E-state index contributed by atoms with van der Waals surface area (Å²) in [5.74, 6) is 0.451. The van der Waals surface area contributed by atoms with E-state index in [1.54, 1.807) is 0 Å². The molecule has 2 unspecified atom stereocenters. The van der Waals surface area contributed by atoms with Gasteiger partial charge in [0.2, 0.25) is 0 Å². The molecule has 132 valence electrons. The van der Waals surface area contributed by atoms with Crippen LogP contribution >= 0.6 is 10.3 Å². The Bertz CT molecular complexity index is 713.